The van der Waals surface area contributed by atoms with Crippen molar-refractivity contribution in [1.82, 2.24) is 0 Å². The summed E-state index contributed by atoms with van der Waals surface area (Å²) in [6.45, 7) is 0. The fraction of sp³-hybridized carbons (Fsp3) is 0.143. The van der Waals surface area contributed by atoms with Crippen molar-refractivity contribution in [2.45, 2.75) is 12.5 Å². The molecule has 0 fully saturated rings. The second-order valence-electron chi connectivity index (χ2n) is 4.22. The monoisotopic (exact) mass is 231 g/mol. The number of para-hydroxylation sites is 1. The molecule has 0 bridgehead atoms. The van der Waals surface area contributed by atoms with E-state index in [9.17, 15) is 8.78 Å². The van der Waals surface area contributed by atoms with E-state index in [1.807, 2.05) is 24.3 Å². The predicted octanol–water partition coefficient (Wildman–Crippen LogP) is 3.67. The van der Waals surface area contributed by atoms with Gasteiger partial charge in [0.15, 0.2) is 0 Å². The van der Waals surface area contributed by atoms with E-state index < -0.39 is 5.82 Å². The van der Waals surface area contributed by atoms with Crippen LogP contribution in [0.3, 0.4) is 0 Å². The highest BCUT2D eigenvalue weighted by Gasteiger charge is 2.24. The number of halogens is 2. The Bertz CT molecular complexity index is 541. The molecule has 0 aromatic heterocycles. The molecule has 86 valence electrons. The van der Waals surface area contributed by atoms with Crippen LogP contribution in [-0.4, -0.2) is 0 Å². The Kier molecular flexibility index (Phi) is 2.32. The van der Waals surface area contributed by atoms with E-state index in [-0.39, 0.29) is 11.9 Å². The molecule has 3 heteroatoms. The van der Waals surface area contributed by atoms with Crippen LogP contribution in [0.1, 0.15) is 17.2 Å². The van der Waals surface area contributed by atoms with Crippen molar-refractivity contribution in [1.29, 1.82) is 0 Å². The molecular formula is C14H11F2N. The van der Waals surface area contributed by atoms with Crippen LogP contribution in [-0.2, 0) is 6.42 Å². The van der Waals surface area contributed by atoms with Gasteiger partial charge in [0.25, 0.3) is 0 Å². The van der Waals surface area contributed by atoms with Crippen LogP contribution in [0.4, 0.5) is 14.5 Å². The van der Waals surface area contributed by atoms with Crippen LogP contribution >= 0.6 is 0 Å². The molecule has 1 aliphatic heterocycles. The van der Waals surface area contributed by atoms with Crippen LogP contribution in [0, 0.1) is 11.6 Å². The first kappa shape index (κ1) is 10.3. The Hall–Kier alpha value is -1.90. The molecule has 2 aromatic carbocycles. The molecule has 17 heavy (non-hydrogen) atoms. The van der Waals surface area contributed by atoms with Crippen LogP contribution in [0.15, 0.2) is 42.5 Å². The molecule has 0 aliphatic carbocycles. The zero-order chi connectivity index (χ0) is 11.8. The van der Waals surface area contributed by atoms with Gasteiger partial charge in [-0.2, -0.15) is 0 Å². The van der Waals surface area contributed by atoms with Crippen molar-refractivity contribution in [2.24, 2.45) is 0 Å². The summed E-state index contributed by atoms with van der Waals surface area (Å²) < 4.78 is 26.8. The van der Waals surface area contributed by atoms with E-state index >= 15 is 0 Å². The van der Waals surface area contributed by atoms with Crippen molar-refractivity contribution < 1.29 is 8.78 Å². The average Bonchev–Trinajstić information content (AvgIpc) is 2.75. The van der Waals surface area contributed by atoms with Gasteiger partial charge in [0.1, 0.15) is 11.6 Å². The summed E-state index contributed by atoms with van der Waals surface area (Å²) in [5, 5.41) is 3.21. The van der Waals surface area contributed by atoms with Crippen molar-refractivity contribution in [3.8, 4) is 0 Å². The number of rotatable bonds is 1. The van der Waals surface area contributed by atoms with Gasteiger partial charge in [0, 0.05) is 11.3 Å². The largest absolute Gasteiger partial charge is 0.378 e. The minimum Gasteiger partial charge on any atom is -0.378 e. The van der Waals surface area contributed by atoms with Gasteiger partial charge < -0.3 is 5.32 Å². The van der Waals surface area contributed by atoms with Gasteiger partial charge in [-0.15, -0.1) is 0 Å². The molecule has 0 saturated carbocycles. The molecule has 1 nitrogen and oxygen atoms in total. The van der Waals surface area contributed by atoms with Crippen LogP contribution in [0.25, 0.3) is 0 Å². The fourth-order valence-corrected chi connectivity index (χ4v) is 2.27. The Morgan fingerprint density at radius 2 is 1.88 bits per heavy atom. The molecule has 0 amide bonds. The van der Waals surface area contributed by atoms with E-state index in [1.54, 1.807) is 0 Å². The molecule has 3 rings (SSSR count). The second-order valence-corrected chi connectivity index (χ2v) is 4.22. The number of anilines is 1. The molecule has 1 atom stereocenters. The molecule has 1 N–H and O–H groups in total. The molecule has 1 unspecified atom stereocenters. The van der Waals surface area contributed by atoms with Gasteiger partial charge >= 0.3 is 0 Å². The topological polar surface area (TPSA) is 12.0 Å². The van der Waals surface area contributed by atoms with Gasteiger partial charge in [-0.25, -0.2) is 8.78 Å². The van der Waals surface area contributed by atoms with Crippen molar-refractivity contribution >= 4 is 5.69 Å². The van der Waals surface area contributed by atoms with Crippen LogP contribution in [0.5, 0.6) is 0 Å². The highest BCUT2D eigenvalue weighted by atomic mass is 19.1. The summed E-state index contributed by atoms with van der Waals surface area (Å²) in [7, 11) is 0. The Labute approximate surface area is 98.1 Å². The standard InChI is InChI=1S/C14H11F2N/c15-10-5-6-12(16)11(8-10)14-7-9-3-1-2-4-13(9)17-14/h1-6,8,14,17H,7H2. The third kappa shape index (κ3) is 1.78. The normalized spacial score (nSPS) is 17.6. The number of hydrogen-bond donors (Lipinski definition) is 1. The van der Waals surface area contributed by atoms with Gasteiger partial charge in [-0.3, -0.25) is 0 Å². The third-order valence-electron chi connectivity index (χ3n) is 3.10. The number of hydrogen-bond acceptors (Lipinski definition) is 1. The molecular weight excluding hydrogens is 220 g/mol. The lowest BCUT2D eigenvalue weighted by Crippen LogP contribution is -2.08. The lowest BCUT2D eigenvalue weighted by molar-refractivity contribution is 0.573. The van der Waals surface area contributed by atoms with E-state index in [1.165, 1.54) is 12.1 Å². The van der Waals surface area contributed by atoms with Gasteiger partial charge in [0.05, 0.1) is 6.04 Å². The van der Waals surface area contributed by atoms with Crippen LogP contribution < -0.4 is 5.32 Å². The number of benzene rings is 2. The summed E-state index contributed by atoms with van der Waals surface area (Å²) in [4.78, 5) is 0. The minimum absolute atomic E-state index is 0.178. The second kappa shape index (κ2) is 3.84. The molecule has 0 radical (unpaired) electrons. The first-order valence-corrected chi connectivity index (χ1v) is 5.53. The zero-order valence-electron chi connectivity index (χ0n) is 9.08. The van der Waals surface area contributed by atoms with E-state index in [0.717, 1.165) is 17.3 Å². The maximum absolute atomic E-state index is 13.6. The first-order chi connectivity index (χ1) is 8.24. The lowest BCUT2D eigenvalue weighted by Gasteiger charge is -2.12. The van der Waals surface area contributed by atoms with Gasteiger partial charge in [0.2, 0.25) is 0 Å². The fourth-order valence-electron chi connectivity index (χ4n) is 2.27. The predicted molar refractivity (Wildman–Crippen MR) is 62.9 cm³/mol. The quantitative estimate of drug-likeness (QED) is 0.789. The Balaban J connectivity index is 1.96. The maximum atomic E-state index is 13.6. The summed E-state index contributed by atoms with van der Waals surface area (Å²) in [6, 6.07) is 11.2. The lowest BCUT2D eigenvalue weighted by atomic mass is 10.0. The third-order valence-corrected chi connectivity index (χ3v) is 3.10. The van der Waals surface area contributed by atoms with Crippen molar-refractivity contribution in [3.05, 3.63) is 65.2 Å². The highest BCUT2D eigenvalue weighted by molar-refractivity contribution is 5.58. The number of fused-ring (bicyclic) bond motifs is 1. The first-order valence-electron chi connectivity index (χ1n) is 5.53. The summed E-state index contributed by atoms with van der Waals surface area (Å²) in [6.07, 6.45) is 0.691. The highest BCUT2D eigenvalue weighted by Crippen LogP contribution is 2.34. The van der Waals surface area contributed by atoms with E-state index in [0.29, 0.717) is 12.0 Å². The Morgan fingerprint density at radius 1 is 1.06 bits per heavy atom. The minimum atomic E-state index is -0.404. The van der Waals surface area contributed by atoms with Gasteiger partial charge in [-0.05, 0) is 36.2 Å². The van der Waals surface area contributed by atoms with E-state index in [2.05, 4.69) is 5.32 Å². The van der Waals surface area contributed by atoms with Crippen molar-refractivity contribution in [2.75, 3.05) is 5.32 Å². The maximum Gasteiger partial charge on any atom is 0.128 e. The summed E-state index contributed by atoms with van der Waals surface area (Å²) >= 11 is 0. The number of nitrogens with one attached hydrogen (secondary N) is 1. The molecule has 1 heterocycles. The van der Waals surface area contributed by atoms with E-state index in [4.69, 9.17) is 0 Å². The summed E-state index contributed by atoms with van der Waals surface area (Å²) in [5.41, 5.74) is 2.53. The van der Waals surface area contributed by atoms with Crippen molar-refractivity contribution in [3.63, 3.8) is 0 Å². The average molecular weight is 231 g/mol. The molecule has 0 spiro atoms. The van der Waals surface area contributed by atoms with Crippen LogP contribution in [0.2, 0.25) is 0 Å². The smallest absolute Gasteiger partial charge is 0.128 e. The zero-order valence-corrected chi connectivity index (χ0v) is 9.08. The molecule has 1 aliphatic rings. The van der Waals surface area contributed by atoms with Gasteiger partial charge in [-0.1, -0.05) is 18.2 Å². The molecule has 0 saturated heterocycles. The Morgan fingerprint density at radius 3 is 2.71 bits per heavy atom. The summed E-state index contributed by atoms with van der Waals surface area (Å²) in [5.74, 6) is -0.768. The molecule has 2 aromatic rings. The SMILES string of the molecule is Fc1ccc(F)c(C2Cc3ccccc3N2)c1.